The molecular weight excluding hydrogens is 208 g/mol. The summed E-state index contributed by atoms with van der Waals surface area (Å²) < 4.78 is 0. The molecule has 0 aliphatic heterocycles. The zero-order valence-electron chi connectivity index (χ0n) is 9.79. The third-order valence-electron chi connectivity index (χ3n) is 3.21. The van der Waals surface area contributed by atoms with Gasteiger partial charge in [0.25, 0.3) is 0 Å². The molecule has 0 aromatic heterocycles. The third kappa shape index (κ3) is 4.45. The number of hydrogen-bond donors (Lipinski definition) is 1. The van der Waals surface area contributed by atoms with E-state index in [9.17, 15) is 4.79 Å². The molecule has 0 aromatic rings. The number of carbonyl (C=O) groups is 1. The summed E-state index contributed by atoms with van der Waals surface area (Å²) in [6, 6.07) is 0. The average Bonchev–Trinajstić information content (AvgIpc) is 2.19. The molecule has 0 aromatic carbocycles. The molecular formula is C12H22O2S. The van der Waals surface area contributed by atoms with Gasteiger partial charge in [-0.1, -0.05) is 19.3 Å². The van der Waals surface area contributed by atoms with Gasteiger partial charge >= 0.3 is 5.97 Å². The summed E-state index contributed by atoms with van der Waals surface area (Å²) in [5.41, 5.74) is -0.554. The SMILES string of the molecule is CC(C)(CCSC1CCCCC1)C(=O)O. The number of thioether (sulfide) groups is 1. The van der Waals surface area contributed by atoms with Gasteiger partial charge in [-0.15, -0.1) is 0 Å². The molecule has 1 rings (SSSR count). The Bertz CT molecular complexity index is 208. The standard InChI is InChI=1S/C12H22O2S/c1-12(2,11(13)14)8-9-15-10-6-4-3-5-7-10/h10H,3-9H2,1-2H3,(H,13,14). The van der Waals surface area contributed by atoms with E-state index < -0.39 is 11.4 Å². The molecule has 1 N–H and O–H groups in total. The molecule has 0 spiro atoms. The summed E-state index contributed by atoms with van der Waals surface area (Å²) in [6.45, 7) is 3.63. The minimum absolute atomic E-state index is 0.554. The van der Waals surface area contributed by atoms with Gasteiger partial charge in [0.2, 0.25) is 0 Å². The monoisotopic (exact) mass is 230 g/mol. The molecule has 0 radical (unpaired) electrons. The van der Waals surface area contributed by atoms with E-state index in [1.165, 1.54) is 32.1 Å². The second-order valence-electron chi connectivity index (χ2n) is 5.07. The summed E-state index contributed by atoms with van der Waals surface area (Å²) in [6.07, 6.45) is 7.55. The van der Waals surface area contributed by atoms with Crippen LogP contribution in [0.1, 0.15) is 52.4 Å². The van der Waals surface area contributed by atoms with Crippen LogP contribution in [0.4, 0.5) is 0 Å². The molecule has 0 unspecified atom stereocenters. The maximum Gasteiger partial charge on any atom is 0.309 e. The van der Waals surface area contributed by atoms with E-state index in [0.717, 1.165) is 17.4 Å². The highest BCUT2D eigenvalue weighted by Crippen LogP contribution is 2.31. The van der Waals surface area contributed by atoms with Gasteiger partial charge in [-0.05, 0) is 38.9 Å². The van der Waals surface area contributed by atoms with Crippen molar-refractivity contribution in [1.82, 2.24) is 0 Å². The second kappa shape index (κ2) is 5.78. The van der Waals surface area contributed by atoms with E-state index in [1.54, 1.807) is 0 Å². The van der Waals surface area contributed by atoms with E-state index in [0.29, 0.717) is 0 Å². The molecule has 0 amide bonds. The van der Waals surface area contributed by atoms with Crippen LogP contribution in [0.25, 0.3) is 0 Å². The molecule has 2 nitrogen and oxygen atoms in total. The van der Waals surface area contributed by atoms with Crippen molar-refractivity contribution in [3.8, 4) is 0 Å². The Balaban J connectivity index is 2.17. The normalized spacial score (nSPS) is 19.1. The molecule has 1 saturated carbocycles. The number of carboxylic acid groups (broad SMARTS) is 1. The van der Waals surface area contributed by atoms with E-state index in [-0.39, 0.29) is 0 Å². The fraction of sp³-hybridized carbons (Fsp3) is 0.917. The van der Waals surface area contributed by atoms with Crippen molar-refractivity contribution >= 4 is 17.7 Å². The van der Waals surface area contributed by atoms with Crippen molar-refractivity contribution in [3.05, 3.63) is 0 Å². The van der Waals surface area contributed by atoms with Crippen molar-refractivity contribution in [2.45, 2.75) is 57.6 Å². The summed E-state index contributed by atoms with van der Waals surface area (Å²) in [7, 11) is 0. The van der Waals surface area contributed by atoms with Crippen LogP contribution >= 0.6 is 11.8 Å². The van der Waals surface area contributed by atoms with Crippen molar-refractivity contribution in [1.29, 1.82) is 0 Å². The number of carboxylic acids is 1. The zero-order chi connectivity index (χ0) is 11.3. The number of aliphatic carboxylic acids is 1. The Morgan fingerprint density at radius 1 is 1.33 bits per heavy atom. The largest absolute Gasteiger partial charge is 0.481 e. The summed E-state index contributed by atoms with van der Waals surface area (Å²) in [5.74, 6) is 0.316. The van der Waals surface area contributed by atoms with E-state index in [1.807, 2.05) is 25.6 Å². The van der Waals surface area contributed by atoms with Crippen LogP contribution in [0.15, 0.2) is 0 Å². The lowest BCUT2D eigenvalue weighted by molar-refractivity contribution is -0.146. The molecule has 1 fully saturated rings. The van der Waals surface area contributed by atoms with Gasteiger partial charge in [-0.3, -0.25) is 4.79 Å². The molecule has 0 bridgehead atoms. The summed E-state index contributed by atoms with van der Waals surface area (Å²) in [4.78, 5) is 10.9. The highest BCUT2D eigenvalue weighted by atomic mass is 32.2. The van der Waals surface area contributed by atoms with Gasteiger partial charge in [-0.2, -0.15) is 11.8 Å². The second-order valence-corrected chi connectivity index (χ2v) is 6.48. The first kappa shape index (κ1) is 12.9. The van der Waals surface area contributed by atoms with Crippen LogP contribution in [0.2, 0.25) is 0 Å². The van der Waals surface area contributed by atoms with Crippen molar-refractivity contribution in [3.63, 3.8) is 0 Å². The average molecular weight is 230 g/mol. The van der Waals surface area contributed by atoms with Crippen LogP contribution in [0.3, 0.4) is 0 Å². The minimum Gasteiger partial charge on any atom is -0.481 e. The first-order valence-corrected chi connectivity index (χ1v) is 6.92. The van der Waals surface area contributed by atoms with Crippen molar-refractivity contribution in [2.75, 3.05) is 5.75 Å². The summed E-state index contributed by atoms with van der Waals surface area (Å²) >= 11 is 1.98. The van der Waals surface area contributed by atoms with Crippen LogP contribution in [-0.4, -0.2) is 22.1 Å². The zero-order valence-corrected chi connectivity index (χ0v) is 10.6. The lowest BCUT2D eigenvalue weighted by atomic mass is 9.91. The quantitative estimate of drug-likeness (QED) is 0.784. The van der Waals surface area contributed by atoms with Gasteiger partial charge in [-0.25, -0.2) is 0 Å². The first-order chi connectivity index (χ1) is 7.02. The summed E-state index contributed by atoms with van der Waals surface area (Å²) in [5, 5.41) is 9.76. The predicted octanol–water partition coefficient (Wildman–Crippen LogP) is 3.55. The third-order valence-corrected chi connectivity index (χ3v) is 4.59. The van der Waals surface area contributed by atoms with Crippen molar-refractivity contribution in [2.24, 2.45) is 5.41 Å². The van der Waals surface area contributed by atoms with E-state index in [4.69, 9.17) is 5.11 Å². The Morgan fingerprint density at radius 2 is 1.93 bits per heavy atom. The van der Waals surface area contributed by atoms with Crippen molar-refractivity contribution < 1.29 is 9.90 Å². The lowest BCUT2D eigenvalue weighted by Gasteiger charge is -2.23. The van der Waals surface area contributed by atoms with Crippen LogP contribution in [0, 0.1) is 5.41 Å². The molecule has 0 atom stereocenters. The maximum atomic E-state index is 10.9. The lowest BCUT2D eigenvalue weighted by Crippen LogP contribution is -2.24. The van der Waals surface area contributed by atoms with Gasteiger partial charge in [0.1, 0.15) is 0 Å². The van der Waals surface area contributed by atoms with Crippen LogP contribution in [-0.2, 0) is 4.79 Å². The van der Waals surface area contributed by atoms with Gasteiger partial charge in [0, 0.05) is 5.25 Å². The maximum absolute atomic E-state index is 10.9. The van der Waals surface area contributed by atoms with Gasteiger partial charge in [0.15, 0.2) is 0 Å². The minimum atomic E-state index is -0.674. The molecule has 1 aliphatic carbocycles. The van der Waals surface area contributed by atoms with Gasteiger partial charge in [0.05, 0.1) is 5.41 Å². The Hall–Kier alpha value is -0.180. The highest BCUT2D eigenvalue weighted by molar-refractivity contribution is 7.99. The molecule has 15 heavy (non-hydrogen) atoms. The number of rotatable bonds is 5. The Morgan fingerprint density at radius 3 is 2.47 bits per heavy atom. The molecule has 0 saturated heterocycles. The first-order valence-electron chi connectivity index (χ1n) is 5.87. The highest BCUT2D eigenvalue weighted by Gasteiger charge is 2.27. The predicted molar refractivity (Wildman–Crippen MR) is 65.4 cm³/mol. The topological polar surface area (TPSA) is 37.3 Å². The Kier molecular flexibility index (Phi) is 4.97. The fourth-order valence-corrected chi connectivity index (χ4v) is 3.45. The molecule has 3 heteroatoms. The molecule has 88 valence electrons. The molecule has 1 aliphatic rings. The van der Waals surface area contributed by atoms with Crippen LogP contribution in [0.5, 0.6) is 0 Å². The van der Waals surface area contributed by atoms with Crippen LogP contribution < -0.4 is 0 Å². The Labute approximate surface area is 96.8 Å². The van der Waals surface area contributed by atoms with E-state index >= 15 is 0 Å². The fourth-order valence-electron chi connectivity index (χ4n) is 1.82. The molecule has 0 heterocycles. The smallest absolute Gasteiger partial charge is 0.309 e. The van der Waals surface area contributed by atoms with Gasteiger partial charge < -0.3 is 5.11 Å². The van der Waals surface area contributed by atoms with E-state index in [2.05, 4.69) is 0 Å². The number of hydrogen-bond acceptors (Lipinski definition) is 2.